The van der Waals surface area contributed by atoms with Crippen molar-refractivity contribution in [3.63, 3.8) is 0 Å². The van der Waals surface area contributed by atoms with Crippen LogP contribution in [-0.4, -0.2) is 24.3 Å². The molecule has 1 aromatic heterocycles. The molecule has 2 aromatic rings. The maximum Gasteiger partial charge on any atom is 0.143 e. The summed E-state index contributed by atoms with van der Waals surface area (Å²) in [5, 5.41) is 10.8. The molecule has 1 atom stereocenters. The molecule has 5 heteroatoms. The second-order valence-corrected chi connectivity index (χ2v) is 4.44. The zero-order valence-electron chi connectivity index (χ0n) is 11.6. The second-order valence-electron chi connectivity index (χ2n) is 4.44. The Bertz CT molecular complexity index is 614. The predicted molar refractivity (Wildman–Crippen MR) is 72.4 cm³/mol. The van der Waals surface area contributed by atoms with Crippen molar-refractivity contribution in [2.24, 2.45) is 0 Å². The van der Waals surface area contributed by atoms with Crippen molar-refractivity contribution in [3.05, 3.63) is 53.6 Å². The summed E-state index contributed by atoms with van der Waals surface area (Å²) in [4.78, 5) is 4.12. The summed E-state index contributed by atoms with van der Waals surface area (Å²) in [6.07, 6.45) is 1.51. The van der Waals surface area contributed by atoms with Crippen LogP contribution in [0.1, 0.15) is 18.2 Å². The van der Waals surface area contributed by atoms with E-state index >= 15 is 0 Å². The van der Waals surface area contributed by atoms with Gasteiger partial charge in [0.1, 0.15) is 28.6 Å². The highest BCUT2D eigenvalue weighted by Gasteiger charge is 2.36. The Balaban J connectivity index is 2.66. The van der Waals surface area contributed by atoms with Crippen LogP contribution >= 0.6 is 0 Å². The first-order chi connectivity index (χ1) is 9.52. The molecule has 0 amide bonds. The van der Waals surface area contributed by atoms with E-state index in [1.807, 2.05) is 0 Å². The number of pyridine rings is 1. The minimum absolute atomic E-state index is 0.0273. The Morgan fingerprint density at radius 3 is 2.40 bits per heavy atom. The molecule has 0 saturated carbocycles. The predicted octanol–water partition coefficient (Wildman–Crippen LogP) is 2.49. The zero-order valence-corrected chi connectivity index (χ0v) is 11.6. The number of benzene rings is 1. The number of rotatable bonds is 4. The number of halogens is 1. The van der Waals surface area contributed by atoms with Crippen LogP contribution in [0.2, 0.25) is 0 Å². The summed E-state index contributed by atoms with van der Waals surface area (Å²) in [7, 11) is 2.89. The molecule has 2 rings (SSSR count). The molecular formula is C15H16FNO3. The lowest BCUT2D eigenvalue weighted by molar-refractivity contribution is 0.0865. The van der Waals surface area contributed by atoms with Crippen molar-refractivity contribution in [1.29, 1.82) is 0 Å². The number of hydrogen-bond acceptors (Lipinski definition) is 4. The van der Waals surface area contributed by atoms with Gasteiger partial charge in [0.15, 0.2) is 0 Å². The number of aromatic nitrogens is 1. The lowest BCUT2D eigenvalue weighted by Gasteiger charge is -2.26. The maximum absolute atomic E-state index is 14.1. The molecule has 0 aliphatic rings. The van der Waals surface area contributed by atoms with E-state index in [2.05, 4.69) is 4.98 Å². The van der Waals surface area contributed by atoms with Gasteiger partial charge in [0.05, 0.1) is 19.8 Å². The van der Waals surface area contributed by atoms with Crippen LogP contribution in [0.15, 0.2) is 36.5 Å². The molecule has 0 aliphatic heterocycles. The van der Waals surface area contributed by atoms with Gasteiger partial charge in [0.2, 0.25) is 0 Å². The SMILES string of the molecule is COc1cccnc1C(C)(O)c1c(F)cccc1OC. The first kappa shape index (κ1) is 14.3. The minimum atomic E-state index is -1.68. The van der Waals surface area contributed by atoms with Crippen molar-refractivity contribution in [1.82, 2.24) is 4.98 Å². The molecule has 0 radical (unpaired) electrons. The average molecular weight is 277 g/mol. The molecule has 0 spiro atoms. The Hall–Kier alpha value is -2.14. The van der Waals surface area contributed by atoms with Gasteiger partial charge in [-0.25, -0.2) is 4.39 Å². The minimum Gasteiger partial charge on any atom is -0.496 e. The quantitative estimate of drug-likeness (QED) is 0.933. The Morgan fingerprint density at radius 2 is 1.75 bits per heavy atom. The normalized spacial score (nSPS) is 13.7. The van der Waals surface area contributed by atoms with E-state index in [1.165, 1.54) is 39.5 Å². The van der Waals surface area contributed by atoms with Crippen LogP contribution in [0.5, 0.6) is 11.5 Å². The van der Waals surface area contributed by atoms with Crippen LogP contribution in [0, 0.1) is 5.82 Å². The van der Waals surface area contributed by atoms with Crippen LogP contribution < -0.4 is 9.47 Å². The van der Waals surface area contributed by atoms with Gasteiger partial charge in [-0.1, -0.05) is 6.07 Å². The van der Waals surface area contributed by atoms with Crippen molar-refractivity contribution < 1.29 is 19.0 Å². The van der Waals surface area contributed by atoms with Gasteiger partial charge in [-0.2, -0.15) is 0 Å². The second kappa shape index (κ2) is 5.46. The van der Waals surface area contributed by atoms with Gasteiger partial charge in [-0.15, -0.1) is 0 Å². The van der Waals surface area contributed by atoms with E-state index in [1.54, 1.807) is 18.2 Å². The lowest BCUT2D eigenvalue weighted by Crippen LogP contribution is -2.27. The fourth-order valence-corrected chi connectivity index (χ4v) is 2.19. The monoisotopic (exact) mass is 277 g/mol. The van der Waals surface area contributed by atoms with Crippen molar-refractivity contribution in [2.75, 3.05) is 14.2 Å². The third kappa shape index (κ3) is 2.32. The fraction of sp³-hybridized carbons (Fsp3) is 0.267. The summed E-state index contributed by atoms with van der Waals surface area (Å²) < 4.78 is 24.5. The number of ether oxygens (including phenoxy) is 2. The molecule has 0 saturated heterocycles. The van der Waals surface area contributed by atoms with E-state index in [4.69, 9.17) is 9.47 Å². The molecule has 20 heavy (non-hydrogen) atoms. The number of methoxy groups -OCH3 is 2. The van der Waals surface area contributed by atoms with Crippen LogP contribution in [0.3, 0.4) is 0 Å². The third-order valence-electron chi connectivity index (χ3n) is 3.13. The first-order valence-electron chi connectivity index (χ1n) is 6.07. The van der Waals surface area contributed by atoms with E-state index in [0.29, 0.717) is 5.75 Å². The summed E-state index contributed by atoms with van der Waals surface area (Å²) >= 11 is 0. The highest BCUT2D eigenvalue weighted by molar-refractivity contribution is 5.46. The van der Waals surface area contributed by atoms with E-state index in [-0.39, 0.29) is 17.0 Å². The Morgan fingerprint density at radius 1 is 1.10 bits per heavy atom. The fourth-order valence-electron chi connectivity index (χ4n) is 2.19. The molecule has 106 valence electrons. The molecule has 1 unspecified atom stereocenters. The van der Waals surface area contributed by atoms with Gasteiger partial charge < -0.3 is 14.6 Å². The van der Waals surface area contributed by atoms with Crippen molar-refractivity contribution >= 4 is 0 Å². The van der Waals surface area contributed by atoms with E-state index in [0.717, 1.165) is 0 Å². The molecule has 1 aromatic carbocycles. The summed E-state index contributed by atoms with van der Waals surface area (Å²) in [6.45, 7) is 1.46. The van der Waals surface area contributed by atoms with Gasteiger partial charge in [-0.05, 0) is 31.2 Å². The topological polar surface area (TPSA) is 51.6 Å². The summed E-state index contributed by atoms with van der Waals surface area (Å²) in [5.74, 6) is 0.0626. The molecule has 0 bridgehead atoms. The van der Waals surface area contributed by atoms with E-state index < -0.39 is 11.4 Å². The van der Waals surface area contributed by atoms with Crippen molar-refractivity contribution in [2.45, 2.75) is 12.5 Å². The van der Waals surface area contributed by atoms with Crippen LogP contribution in [0.25, 0.3) is 0 Å². The van der Waals surface area contributed by atoms with Gasteiger partial charge >= 0.3 is 0 Å². The Kier molecular flexibility index (Phi) is 3.90. The van der Waals surface area contributed by atoms with E-state index in [9.17, 15) is 9.50 Å². The average Bonchev–Trinajstić information content (AvgIpc) is 2.46. The Labute approximate surface area is 116 Å². The molecule has 4 nitrogen and oxygen atoms in total. The van der Waals surface area contributed by atoms with Crippen molar-refractivity contribution in [3.8, 4) is 11.5 Å². The summed E-state index contributed by atoms with van der Waals surface area (Å²) in [6, 6.07) is 7.70. The molecule has 1 N–H and O–H groups in total. The number of nitrogens with zero attached hydrogens (tertiary/aromatic N) is 1. The molecular weight excluding hydrogens is 261 g/mol. The number of hydrogen-bond donors (Lipinski definition) is 1. The molecule has 1 heterocycles. The van der Waals surface area contributed by atoms with Gasteiger partial charge in [0.25, 0.3) is 0 Å². The zero-order chi connectivity index (χ0) is 14.8. The standard InChI is InChI=1S/C15H16FNO3/c1-15(18,14-12(20-3)8-5-9-17-14)13-10(16)6-4-7-11(13)19-2/h4-9,18H,1-3H3. The molecule has 0 fully saturated rings. The highest BCUT2D eigenvalue weighted by atomic mass is 19.1. The highest BCUT2D eigenvalue weighted by Crippen LogP contribution is 2.39. The van der Waals surface area contributed by atoms with Gasteiger partial charge in [-0.3, -0.25) is 4.98 Å². The smallest absolute Gasteiger partial charge is 0.143 e. The van der Waals surface area contributed by atoms with Crippen LogP contribution in [0.4, 0.5) is 4.39 Å². The lowest BCUT2D eigenvalue weighted by atomic mass is 9.90. The third-order valence-corrected chi connectivity index (χ3v) is 3.13. The number of aliphatic hydroxyl groups is 1. The maximum atomic E-state index is 14.1. The first-order valence-corrected chi connectivity index (χ1v) is 6.07. The largest absolute Gasteiger partial charge is 0.496 e. The van der Waals surface area contributed by atoms with Gasteiger partial charge in [0, 0.05) is 6.20 Å². The summed E-state index contributed by atoms with van der Waals surface area (Å²) in [5.41, 5.74) is -1.42. The molecule has 0 aliphatic carbocycles. The van der Waals surface area contributed by atoms with Crippen LogP contribution in [-0.2, 0) is 5.60 Å².